The van der Waals surface area contributed by atoms with E-state index in [9.17, 15) is 14.7 Å². The van der Waals surface area contributed by atoms with Gasteiger partial charge in [0.15, 0.2) is 0 Å². The van der Waals surface area contributed by atoms with E-state index in [2.05, 4.69) is 0 Å². The van der Waals surface area contributed by atoms with Crippen molar-refractivity contribution in [2.45, 2.75) is 19.6 Å². The van der Waals surface area contributed by atoms with Gasteiger partial charge in [0.25, 0.3) is 0 Å². The predicted octanol–water partition coefficient (Wildman–Crippen LogP) is 1.64. The Kier molecular flexibility index (Phi) is 5.18. The number of aliphatic carboxylic acids is 1. The Hall–Kier alpha value is -2.60. The second-order valence-corrected chi connectivity index (χ2v) is 5.18. The second kappa shape index (κ2) is 7.11. The van der Waals surface area contributed by atoms with Gasteiger partial charge in [-0.15, -0.1) is 0 Å². The number of methoxy groups -OCH3 is 1. The fourth-order valence-corrected chi connectivity index (χ4v) is 2.49. The number of carbonyl (C=O) groups excluding carboxylic acids is 1. The number of ether oxygens (including phenoxy) is 1. The molecule has 0 bridgehead atoms. The van der Waals surface area contributed by atoms with E-state index in [0.29, 0.717) is 6.42 Å². The molecule has 2 rings (SSSR count). The number of hydrogen-bond donors (Lipinski definition) is 2. The highest BCUT2D eigenvalue weighted by atomic mass is 16.5. The van der Waals surface area contributed by atoms with Crippen LogP contribution in [0.25, 0.3) is 10.8 Å². The van der Waals surface area contributed by atoms with Gasteiger partial charge >= 0.3 is 5.97 Å². The Labute approximate surface area is 133 Å². The topological polar surface area (TPSA) is 87.1 Å². The molecule has 0 aliphatic rings. The van der Waals surface area contributed by atoms with Crippen LogP contribution in [0.4, 0.5) is 0 Å². The summed E-state index contributed by atoms with van der Waals surface area (Å²) in [6, 6.07) is 11.5. The summed E-state index contributed by atoms with van der Waals surface area (Å²) < 4.78 is 5.23. The van der Waals surface area contributed by atoms with Gasteiger partial charge in [-0.3, -0.25) is 4.79 Å². The first-order valence-corrected chi connectivity index (χ1v) is 7.17. The first-order chi connectivity index (χ1) is 10.9. The van der Waals surface area contributed by atoms with Crippen molar-refractivity contribution in [3.8, 4) is 5.75 Å². The molecular weight excluding hydrogens is 298 g/mol. The largest absolute Gasteiger partial charge is 0.497 e. The third kappa shape index (κ3) is 3.78. The van der Waals surface area contributed by atoms with Crippen molar-refractivity contribution >= 4 is 22.6 Å². The number of carboxylic acids is 1. The maximum Gasteiger partial charge on any atom is 0.354 e. The highest BCUT2D eigenvalue weighted by molar-refractivity contribution is 5.87. The van der Waals surface area contributed by atoms with Gasteiger partial charge in [0.2, 0.25) is 12.1 Å². The number of fused-ring (bicyclic) bond motifs is 1. The number of amides is 1. The second-order valence-electron chi connectivity index (χ2n) is 5.18. The summed E-state index contributed by atoms with van der Waals surface area (Å²) >= 11 is 0. The van der Waals surface area contributed by atoms with Gasteiger partial charge < -0.3 is 19.8 Å². The third-order valence-corrected chi connectivity index (χ3v) is 3.72. The van der Waals surface area contributed by atoms with Crippen LogP contribution < -0.4 is 4.74 Å². The van der Waals surface area contributed by atoms with Gasteiger partial charge in [-0.05, 0) is 34.9 Å². The normalized spacial score (nSPS) is 12.0. The van der Waals surface area contributed by atoms with Crippen LogP contribution in [0.5, 0.6) is 5.75 Å². The predicted molar refractivity (Wildman–Crippen MR) is 85.2 cm³/mol. The van der Waals surface area contributed by atoms with Crippen molar-refractivity contribution in [1.29, 1.82) is 0 Å². The summed E-state index contributed by atoms with van der Waals surface area (Å²) in [6.45, 7) is 1.34. The highest BCUT2D eigenvalue weighted by Crippen LogP contribution is 2.24. The van der Waals surface area contributed by atoms with Crippen LogP contribution in [0.1, 0.15) is 12.5 Å². The number of aliphatic hydroxyl groups is 1. The van der Waals surface area contributed by atoms with Gasteiger partial charge in [-0.25, -0.2) is 4.79 Å². The van der Waals surface area contributed by atoms with Gasteiger partial charge in [-0.1, -0.05) is 24.3 Å². The third-order valence-electron chi connectivity index (χ3n) is 3.72. The number of carboxylic acid groups (broad SMARTS) is 1. The van der Waals surface area contributed by atoms with Crippen molar-refractivity contribution in [3.05, 3.63) is 42.0 Å². The zero-order valence-corrected chi connectivity index (χ0v) is 13.0. The van der Waals surface area contributed by atoms with Crippen molar-refractivity contribution in [2.75, 3.05) is 13.7 Å². The van der Waals surface area contributed by atoms with Crippen LogP contribution in [0.2, 0.25) is 0 Å². The number of nitrogens with zero attached hydrogens (tertiary/aromatic N) is 1. The van der Waals surface area contributed by atoms with E-state index in [0.717, 1.165) is 27.0 Å². The van der Waals surface area contributed by atoms with Crippen LogP contribution >= 0.6 is 0 Å². The van der Waals surface area contributed by atoms with Crippen LogP contribution in [0.3, 0.4) is 0 Å². The van der Waals surface area contributed by atoms with Gasteiger partial charge in [0, 0.05) is 13.5 Å². The molecule has 6 nitrogen and oxygen atoms in total. The molecule has 1 unspecified atom stereocenters. The maximum atomic E-state index is 11.6. The fourth-order valence-electron chi connectivity index (χ4n) is 2.49. The first kappa shape index (κ1) is 16.8. The Morgan fingerprint density at radius 3 is 2.61 bits per heavy atom. The Morgan fingerprint density at radius 2 is 2.00 bits per heavy atom. The highest BCUT2D eigenvalue weighted by Gasteiger charge is 2.24. The summed E-state index contributed by atoms with van der Waals surface area (Å²) in [5.74, 6) is -1.21. The molecule has 0 heterocycles. The lowest BCUT2D eigenvalue weighted by atomic mass is 10.0. The molecular formula is C17H19NO5. The molecule has 2 N–H and O–H groups in total. The minimum atomic E-state index is -1.84. The lowest BCUT2D eigenvalue weighted by Crippen LogP contribution is -2.45. The molecule has 1 atom stereocenters. The number of aliphatic hydroxyl groups excluding tert-OH is 1. The van der Waals surface area contributed by atoms with E-state index in [4.69, 9.17) is 9.84 Å². The van der Waals surface area contributed by atoms with E-state index in [1.807, 2.05) is 36.4 Å². The molecule has 2 aromatic rings. The number of rotatable bonds is 6. The molecule has 6 heteroatoms. The van der Waals surface area contributed by atoms with E-state index < -0.39 is 18.1 Å². The van der Waals surface area contributed by atoms with E-state index in [1.54, 1.807) is 7.11 Å². The molecule has 1 amide bonds. The minimum absolute atomic E-state index is 0.110. The van der Waals surface area contributed by atoms with Crippen molar-refractivity contribution in [3.63, 3.8) is 0 Å². The summed E-state index contributed by atoms with van der Waals surface area (Å²) in [7, 11) is 1.59. The van der Waals surface area contributed by atoms with E-state index >= 15 is 0 Å². The number of carbonyl (C=O) groups is 2. The number of hydrogen-bond acceptors (Lipinski definition) is 4. The zero-order chi connectivity index (χ0) is 17.0. The molecule has 0 spiro atoms. The van der Waals surface area contributed by atoms with Crippen LogP contribution in [0.15, 0.2) is 36.4 Å². The van der Waals surface area contributed by atoms with Crippen LogP contribution in [0, 0.1) is 0 Å². The molecule has 0 saturated carbocycles. The summed E-state index contributed by atoms with van der Waals surface area (Å²) in [5.41, 5.74) is 0.949. The summed E-state index contributed by atoms with van der Waals surface area (Å²) in [5, 5.41) is 20.5. The minimum Gasteiger partial charge on any atom is -0.497 e. The molecule has 0 aliphatic heterocycles. The van der Waals surface area contributed by atoms with Crippen molar-refractivity contribution < 1.29 is 24.5 Å². The molecule has 0 aromatic heterocycles. The molecule has 0 radical (unpaired) electrons. The first-order valence-electron chi connectivity index (χ1n) is 7.17. The fraction of sp³-hybridized carbons (Fsp3) is 0.294. The van der Waals surface area contributed by atoms with Gasteiger partial charge in [0.1, 0.15) is 5.75 Å². The molecule has 23 heavy (non-hydrogen) atoms. The lowest BCUT2D eigenvalue weighted by molar-refractivity contribution is -0.164. The average Bonchev–Trinajstić information content (AvgIpc) is 2.54. The SMILES string of the molecule is COc1ccc2cccc(CCN(C(C)=O)C(O)C(=O)O)c2c1. The molecule has 0 saturated heterocycles. The van der Waals surface area contributed by atoms with Crippen molar-refractivity contribution in [1.82, 2.24) is 4.90 Å². The smallest absolute Gasteiger partial charge is 0.354 e. The molecule has 122 valence electrons. The maximum absolute atomic E-state index is 11.6. The quantitative estimate of drug-likeness (QED) is 0.791. The van der Waals surface area contributed by atoms with Crippen LogP contribution in [-0.2, 0) is 16.0 Å². The van der Waals surface area contributed by atoms with Crippen LogP contribution in [-0.4, -0.2) is 46.9 Å². The van der Waals surface area contributed by atoms with E-state index in [1.165, 1.54) is 6.92 Å². The molecule has 0 aliphatic carbocycles. The lowest BCUT2D eigenvalue weighted by Gasteiger charge is -2.24. The Bertz CT molecular complexity index is 728. The number of benzene rings is 2. The Balaban J connectivity index is 2.27. The monoisotopic (exact) mass is 317 g/mol. The summed E-state index contributed by atoms with van der Waals surface area (Å²) in [6.07, 6.45) is -1.41. The Morgan fingerprint density at radius 1 is 1.26 bits per heavy atom. The molecule has 0 fully saturated rings. The molecule has 2 aromatic carbocycles. The standard InChI is InChI=1S/C17H19NO5/c1-11(19)18(16(20)17(21)22)9-8-13-5-3-4-12-6-7-14(23-2)10-15(12)13/h3-7,10,16,20H,8-9H2,1-2H3,(H,21,22). The average molecular weight is 317 g/mol. The van der Waals surface area contributed by atoms with Gasteiger partial charge in [0.05, 0.1) is 7.11 Å². The van der Waals surface area contributed by atoms with E-state index in [-0.39, 0.29) is 6.54 Å². The summed E-state index contributed by atoms with van der Waals surface area (Å²) in [4.78, 5) is 23.4. The van der Waals surface area contributed by atoms with Crippen molar-refractivity contribution in [2.24, 2.45) is 0 Å². The zero-order valence-electron chi connectivity index (χ0n) is 13.0. The van der Waals surface area contributed by atoms with Gasteiger partial charge in [-0.2, -0.15) is 0 Å².